The maximum absolute atomic E-state index is 12.2. The van der Waals surface area contributed by atoms with Gasteiger partial charge in [0.25, 0.3) is 0 Å². The molecule has 28 heavy (non-hydrogen) atoms. The van der Waals surface area contributed by atoms with Crippen molar-refractivity contribution in [1.29, 1.82) is 0 Å². The van der Waals surface area contributed by atoms with Crippen molar-refractivity contribution in [2.45, 2.75) is 12.8 Å². The Kier molecular flexibility index (Phi) is 5.83. The molecule has 2 aromatic carbocycles. The summed E-state index contributed by atoms with van der Waals surface area (Å²) in [5.41, 5.74) is 8.10. The van der Waals surface area contributed by atoms with Crippen molar-refractivity contribution in [2.75, 3.05) is 22.9 Å². The summed E-state index contributed by atoms with van der Waals surface area (Å²) in [6, 6.07) is 15.2. The van der Waals surface area contributed by atoms with Crippen LogP contribution in [-0.4, -0.2) is 22.9 Å². The Bertz CT molecular complexity index is 902. The summed E-state index contributed by atoms with van der Waals surface area (Å²) in [7, 11) is 0. The van der Waals surface area contributed by atoms with E-state index in [0.29, 0.717) is 29.6 Å². The highest BCUT2D eigenvalue weighted by Crippen LogP contribution is 2.28. The van der Waals surface area contributed by atoms with Crippen LogP contribution in [0.25, 0.3) is 0 Å². The molecule has 0 aliphatic rings. The number of nitrogens with one attached hydrogen (secondary N) is 2. The fourth-order valence-electron chi connectivity index (χ4n) is 2.48. The average molecular weight is 389 g/mol. The van der Waals surface area contributed by atoms with Gasteiger partial charge in [0, 0.05) is 12.2 Å². The number of halogens is 3. The van der Waals surface area contributed by atoms with Crippen molar-refractivity contribution in [2.24, 2.45) is 0 Å². The van der Waals surface area contributed by atoms with Crippen molar-refractivity contribution in [1.82, 2.24) is 9.97 Å². The molecule has 0 atom stereocenters. The number of anilines is 4. The highest BCUT2D eigenvalue weighted by Gasteiger charge is 2.30. The summed E-state index contributed by atoms with van der Waals surface area (Å²) in [6.07, 6.45) is -2.58. The first-order valence-corrected chi connectivity index (χ1v) is 8.42. The molecule has 146 valence electrons. The first-order valence-electron chi connectivity index (χ1n) is 8.42. The van der Waals surface area contributed by atoms with Gasteiger partial charge in [0.2, 0.25) is 0 Å². The predicted octanol–water partition coefficient (Wildman–Crippen LogP) is 4.36. The number of aromatic nitrogens is 2. The fraction of sp³-hybridized carbons (Fsp3) is 0.158. The van der Waals surface area contributed by atoms with E-state index in [0.717, 1.165) is 6.42 Å². The van der Waals surface area contributed by atoms with Gasteiger partial charge >= 0.3 is 6.36 Å². The van der Waals surface area contributed by atoms with E-state index in [-0.39, 0.29) is 5.75 Å². The number of nitrogens with zero attached hydrogens (tertiary/aromatic N) is 2. The van der Waals surface area contributed by atoms with E-state index in [4.69, 9.17) is 5.73 Å². The van der Waals surface area contributed by atoms with Crippen LogP contribution in [0.3, 0.4) is 0 Å². The zero-order valence-electron chi connectivity index (χ0n) is 14.7. The largest absolute Gasteiger partial charge is 0.573 e. The molecular formula is C19H18F3N5O. The third kappa shape index (κ3) is 5.50. The van der Waals surface area contributed by atoms with Crippen LogP contribution in [0.1, 0.15) is 5.56 Å². The maximum Gasteiger partial charge on any atom is 0.573 e. The van der Waals surface area contributed by atoms with Gasteiger partial charge in [0.05, 0.1) is 0 Å². The number of alkyl halides is 3. The first-order chi connectivity index (χ1) is 13.4. The van der Waals surface area contributed by atoms with Gasteiger partial charge in [-0.1, -0.05) is 30.3 Å². The molecule has 0 bridgehead atoms. The molecule has 6 nitrogen and oxygen atoms in total. The maximum atomic E-state index is 12.2. The predicted molar refractivity (Wildman–Crippen MR) is 101 cm³/mol. The Balaban J connectivity index is 1.62. The summed E-state index contributed by atoms with van der Waals surface area (Å²) < 4.78 is 40.5. The molecule has 0 saturated carbocycles. The van der Waals surface area contributed by atoms with Gasteiger partial charge in [-0.05, 0) is 36.2 Å². The van der Waals surface area contributed by atoms with Crippen molar-refractivity contribution in [3.8, 4) is 5.75 Å². The molecule has 9 heteroatoms. The standard InChI is InChI=1S/C19H18F3N5O/c20-19(21,22)28-15-8-6-14(7-9-15)27-18-16(23)17(25-12-26-18)24-11-10-13-4-2-1-3-5-13/h1-9,12H,10-11,23H2,(H2,24,25,26,27). The lowest BCUT2D eigenvalue weighted by atomic mass is 10.1. The molecule has 0 radical (unpaired) electrons. The highest BCUT2D eigenvalue weighted by atomic mass is 19.4. The molecule has 0 unspecified atom stereocenters. The summed E-state index contributed by atoms with van der Waals surface area (Å²) in [6.45, 7) is 0.633. The number of hydrogen-bond acceptors (Lipinski definition) is 6. The van der Waals surface area contributed by atoms with Crippen LogP contribution in [0.2, 0.25) is 0 Å². The third-order valence-electron chi connectivity index (χ3n) is 3.78. The van der Waals surface area contributed by atoms with Crippen molar-refractivity contribution < 1.29 is 17.9 Å². The molecule has 3 rings (SSSR count). The second-order valence-corrected chi connectivity index (χ2v) is 5.84. The van der Waals surface area contributed by atoms with Crippen LogP contribution in [0, 0.1) is 0 Å². The number of ether oxygens (including phenoxy) is 1. The molecule has 1 heterocycles. The van der Waals surface area contributed by atoms with Crippen molar-refractivity contribution >= 4 is 23.0 Å². The lowest BCUT2D eigenvalue weighted by Gasteiger charge is -2.13. The van der Waals surface area contributed by atoms with Crippen LogP contribution in [-0.2, 0) is 6.42 Å². The lowest BCUT2D eigenvalue weighted by Crippen LogP contribution is -2.17. The smallest absolute Gasteiger partial charge is 0.406 e. The SMILES string of the molecule is Nc1c(NCCc2ccccc2)ncnc1Nc1ccc(OC(F)(F)F)cc1. The van der Waals surface area contributed by atoms with E-state index in [2.05, 4.69) is 25.3 Å². The van der Waals surface area contributed by atoms with Gasteiger partial charge in [0.15, 0.2) is 11.6 Å². The topological polar surface area (TPSA) is 85.1 Å². The van der Waals surface area contributed by atoms with E-state index in [1.54, 1.807) is 0 Å². The minimum Gasteiger partial charge on any atom is -0.406 e. The summed E-state index contributed by atoms with van der Waals surface area (Å²) in [5, 5.41) is 6.12. The van der Waals surface area contributed by atoms with Crippen molar-refractivity contribution in [3.63, 3.8) is 0 Å². The van der Waals surface area contributed by atoms with Gasteiger partial charge in [-0.2, -0.15) is 0 Å². The van der Waals surface area contributed by atoms with E-state index in [1.165, 1.54) is 36.2 Å². The number of rotatable bonds is 7. The van der Waals surface area contributed by atoms with Gasteiger partial charge in [-0.3, -0.25) is 0 Å². The number of nitrogen functional groups attached to an aromatic ring is 1. The quantitative estimate of drug-likeness (QED) is 0.557. The Morgan fingerprint density at radius 2 is 1.61 bits per heavy atom. The van der Waals surface area contributed by atoms with Crippen LogP contribution in [0.5, 0.6) is 5.75 Å². The Morgan fingerprint density at radius 3 is 2.29 bits per heavy atom. The van der Waals surface area contributed by atoms with E-state index in [1.807, 2.05) is 30.3 Å². The molecule has 0 aliphatic carbocycles. The minimum atomic E-state index is -4.73. The highest BCUT2D eigenvalue weighted by molar-refractivity contribution is 5.77. The molecule has 0 amide bonds. The Morgan fingerprint density at radius 1 is 0.929 bits per heavy atom. The fourth-order valence-corrected chi connectivity index (χ4v) is 2.48. The molecule has 4 N–H and O–H groups in total. The second kappa shape index (κ2) is 8.47. The minimum absolute atomic E-state index is 0.308. The molecule has 0 fully saturated rings. The van der Waals surface area contributed by atoms with Crippen LogP contribution in [0.4, 0.5) is 36.2 Å². The van der Waals surface area contributed by atoms with Gasteiger partial charge in [-0.15, -0.1) is 13.2 Å². The molecule has 1 aromatic heterocycles. The number of hydrogen-bond donors (Lipinski definition) is 3. The average Bonchev–Trinajstić information content (AvgIpc) is 2.66. The van der Waals surface area contributed by atoms with Crippen LogP contribution < -0.4 is 21.1 Å². The Labute approximate surface area is 159 Å². The second-order valence-electron chi connectivity index (χ2n) is 5.84. The van der Waals surface area contributed by atoms with Crippen LogP contribution >= 0.6 is 0 Å². The zero-order valence-corrected chi connectivity index (χ0v) is 14.7. The third-order valence-corrected chi connectivity index (χ3v) is 3.78. The van der Waals surface area contributed by atoms with Gasteiger partial charge < -0.3 is 21.1 Å². The molecule has 3 aromatic rings. The molecule has 0 spiro atoms. The zero-order chi connectivity index (χ0) is 20.0. The van der Waals surface area contributed by atoms with Gasteiger partial charge in [-0.25, -0.2) is 9.97 Å². The summed E-state index contributed by atoms with van der Waals surface area (Å²) in [5.74, 6) is 0.518. The van der Waals surface area contributed by atoms with Crippen molar-refractivity contribution in [3.05, 3.63) is 66.5 Å². The normalized spacial score (nSPS) is 11.1. The van der Waals surface area contributed by atoms with E-state index < -0.39 is 6.36 Å². The molecule has 0 saturated heterocycles. The van der Waals surface area contributed by atoms with Crippen LogP contribution in [0.15, 0.2) is 60.9 Å². The number of benzene rings is 2. The van der Waals surface area contributed by atoms with E-state index in [9.17, 15) is 13.2 Å². The monoisotopic (exact) mass is 389 g/mol. The summed E-state index contributed by atoms with van der Waals surface area (Å²) >= 11 is 0. The molecular weight excluding hydrogens is 371 g/mol. The van der Waals surface area contributed by atoms with Gasteiger partial charge in [0.1, 0.15) is 17.8 Å². The Hall–Kier alpha value is -3.49. The van der Waals surface area contributed by atoms with E-state index >= 15 is 0 Å². The first kappa shape index (κ1) is 19.3. The summed E-state index contributed by atoms with van der Waals surface area (Å²) in [4.78, 5) is 8.22. The lowest BCUT2D eigenvalue weighted by molar-refractivity contribution is -0.274. The molecule has 0 aliphatic heterocycles. The number of nitrogens with two attached hydrogens (primary N) is 1.